The molecule has 0 bridgehead atoms. The van der Waals surface area contributed by atoms with E-state index in [0.717, 1.165) is 5.39 Å². The van der Waals surface area contributed by atoms with Crippen LogP contribution in [0, 0.1) is 0 Å². The van der Waals surface area contributed by atoms with E-state index in [1.165, 1.54) is 11.4 Å². The van der Waals surface area contributed by atoms with E-state index in [1.807, 2.05) is 18.2 Å². The number of anilines is 1. The van der Waals surface area contributed by atoms with E-state index in [4.69, 9.17) is 4.52 Å². The van der Waals surface area contributed by atoms with E-state index in [1.54, 1.807) is 30.1 Å². The van der Waals surface area contributed by atoms with Crippen LogP contribution < -0.4 is 4.31 Å². The fourth-order valence-corrected chi connectivity index (χ4v) is 3.30. The van der Waals surface area contributed by atoms with Crippen LogP contribution in [0.1, 0.15) is 5.69 Å². The molecule has 2 aromatic heterocycles. The smallest absolute Gasteiger partial charge is 0.236 e. The van der Waals surface area contributed by atoms with Gasteiger partial charge in [-0.2, -0.15) is 5.10 Å². The average molecular weight is 320 g/mol. The summed E-state index contributed by atoms with van der Waals surface area (Å²) >= 11 is 0. The van der Waals surface area contributed by atoms with Gasteiger partial charge in [-0.05, 0) is 12.1 Å². The molecule has 0 aliphatic rings. The number of aryl methyl sites for hydroxylation is 2. The molecule has 0 radical (unpaired) electrons. The van der Waals surface area contributed by atoms with Crippen molar-refractivity contribution in [2.45, 2.75) is 6.42 Å². The van der Waals surface area contributed by atoms with Crippen LogP contribution in [0.15, 0.2) is 41.1 Å². The van der Waals surface area contributed by atoms with Gasteiger partial charge >= 0.3 is 0 Å². The third-order valence-corrected chi connectivity index (χ3v) is 5.23. The Morgan fingerprint density at radius 2 is 2.05 bits per heavy atom. The molecule has 0 amide bonds. The molecule has 7 nitrogen and oxygen atoms in total. The maximum atomic E-state index is 12.4. The Morgan fingerprint density at radius 3 is 2.77 bits per heavy atom. The van der Waals surface area contributed by atoms with Gasteiger partial charge in [-0.3, -0.25) is 8.99 Å². The quantitative estimate of drug-likeness (QED) is 0.713. The summed E-state index contributed by atoms with van der Waals surface area (Å²) in [5.41, 5.74) is 1.31. The molecule has 0 aliphatic heterocycles. The maximum absolute atomic E-state index is 12.4. The van der Waals surface area contributed by atoms with Crippen molar-refractivity contribution < 1.29 is 12.9 Å². The Balaban J connectivity index is 1.77. The topological polar surface area (TPSA) is 81.2 Å². The Kier molecular flexibility index (Phi) is 3.61. The Labute approximate surface area is 128 Å². The average Bonchev–Trinajstić information content (AvgIpc) is 3.11. The lowest BCUT2D eigenvalue weighted by atomic mass is 10.2. The van der Waals surface area contributed by atoms with Crippen molar-refractivity contribution in [3.8, 4) is 0 Å². The molecule has 0 N–H and O–H groups in total. The first-order valence-electron chi connectivity index (χ1n) is 6.77. The summed E-state index contributed by atoms with van der Waals surface area (Å²) in [4.78, 5) is 0. The number of sulfonamides is 1. The molecule has 2 heterocycles. The van der Waals surface area contributed by atoms with Crippen LogP contribution in [0.3, 0.4) is 0 Å². The van der Waals surface area contributed by atoms with Crippen molar-refractivity contribution in [3.05, 3.63) is 42.2 Å². The van der Waals surface area contributed by atoms with Gasteiger partial charge in [0.2, 0.25) is 10.0 Å². The van der Waals surface area contributed by atoms with Crippen molar-refractivity contribution in [1.82, 2.24) is 14.9 Å². The second-order valence-electron chi connectivity index (χ2n) is 5.01. The number of benzene rings is 1. The molecule has 1 aromatic carbocycles. The van der Waals surface area contributed by atoms with Gasteiger partial charge in [0.15, 0.2) is 11.4 Å². The molecule has 0 fully saturated rings. The zero-order chi connectivity index (χ0) is 15.7. The number of nitrogens with zero attached hydrogens (tertiary/aromatic N) is 4. The van der Waals surface area contributed by atoms with E-state index < -0.39 is 10.0 Å². The fraction of sp³-hybridized carbons (Fsp3) is 0.286. The fourth-order valence-electron chi connectivity index (χ4n) is 2.19. The van der Waals surface area contributed by atoms with Gasteiger partial charge in [-0.15, -0.1) is 0 Å². The van der Waals surface area contributed by atoms with Gasteiger partial charge in [0.1, 0.15) is 0 Å². The summed E-state index contributed by atoms with van der Waals surface area (Å²) in [5.74, 6) is 0.337. The van der Waals surface area contributed by atoms with Gasteiger partial charge in [0, 0.05) is 38.2 Å². The lowest BCUT2D eigenvalue weighted by Gasteiger charge is -2.16. The first-order chi connectivity index (χ1) is 10.5. The third-order valence-electron chi connectivity index (χ3n) is 3.49. The summed E-state index contributed by atoms with van der Waals surface area (Å²) in [6.45, 7) is 0. The van der Waals surface area contributed by atoms with Crippen LogP contribution in [0.2, 0.25) is 0 Å². The Bertz CT molecular complexity index is 898. The standard InChI is InChI=1S/C14H16N4O3S/c1-17-9-7-14(15-17)18(2)22(19,20)10-8-12-11-5-3-4-6-13(11)21-16-12/h3-7,9H,8,10H2,1-2H3. The minimum absolute atomic E-state index is 0.0589. The number of rotatable bonds is 5. The molecule has 0 atom stereocenters. The number of hydrogen-bond donors (Lipinski definition) is 0. The molecule has 0 spiro atoms. The summed E-state index contributed by atoms with van der Waals surface area (Å²) < 4.78 is 32.7. The van der Waals surface area contributed by atoms with Crippen LogP contribution in [0.4, 0.5) is 5.82 Å². The number of para-hydroxylation sites is 1. The second-order valence-corrected chi connectivity index (χ2v) is 7.13. The minimum atomic E-state index is -3.47. The monoisotopic (exact) mass is 320 g/mol. The normalized spacial score (nSPS) is 11.9. The van der Waals surface area contributed by atoms with Gasteiger partial charge in [0.25, 0.3) is 0 Å². The molecule has 0 saturated heterocycles. The summed E-state index contributed by atoms with van der Waals surface area (Å²) in [5, 5.41) is 8.90. The Morgan fingerprint density at radius 1 is 1.27 bits per heavy atom. The van der Waals surface area contributed by atoms with Crippen LogP contribution >= 0.6 is 0 Å². The van der Waals surface area contributed by atoms with E-state index in [-0.39, 0.29) is 12.2 Å². The van der Waals surface area contributed by atoms with Gasteiger partial charge < -0.3 is 4.52 Å². The predicted octanol–water partition coefficient (Wildman–Crippen LogP) is 1.57. The van der Waals surface area contributed by atoms with Gasteiger partial charge in [-0.1, -0.05) is 17.3 Å². The molecule has 0 aliphatic carbocycles. The first-order valence-corrected chi connectivity index (χ1v) is 8.38. The van der Waals surface area contributed by atoms with E-state index in [2.05, 4.69) is 10.3 Å². The highest BCUT2D eigenvalue weighted by atomic mass is 32.2. The first kappa shape index (κ1) is 14.6. The lowest BCUT2D eigenvalue weighted by molar-refractivity contribution is 0.447. The summed E-state index contributed by atoms with van der Waals surface area (Å²) in [7, 11) is -0.229. The molecule has 0 unspecified atom stereocenters. The Hall–Kier alpha value is -2.35. The van der Waals surface area contributed by atoms with Crippen molar-refractivity contribution >= 4 is 26.8 Å². The second kappa shape index (κ2) is 5.45. The lowest BCUT2D eigenvalue weighted by Crippen LogP contribution is -2.30. The zero-order valence-electron chi connectivity index (χ0n) is 12.3. The molecule has 3 aromatic rings. The zero-order valence-corrected chi connectivity index (χ0v) is 13.1. The highest BCUT2D eigenvalue weighted by Gasteiger charge is 2.21. The summed E-state index contributed by atoms with van der Waals surface area (Å²) in [6.07, 6.45) is 1.99. The van der Waals surface area contributed by atoms with Crippen LogP contribution in [-0.4, -0.2) is 36.2 Å². The maximum Gasteiger partial charge on any atom is 0.236 e. The number of aromatic nitrogens is 3. The van der Waals surface area contributed by atoms with E-state index >= 15 is 0 Å². The van der Waals surface area contributed by atoms with Crippen LogP contribution in [-0.2, 0) is 23.5 Å². The minimum Gasteiger partial charge on any atom is -0.356 e. The molecule has 116 valence electrons. The van der Waals surface area contributed by atoms with Crippen LogP contribution in [0.25, 0.3) is 11.0 Å². The molecule has 0 saturated carbocycles. The highest BCUT2D eigenvalue weighted by molar-refractivity contribution is 7.92. The largest absolute Gasteiger partial charge is 0.356 e. The molecular weight excluding hydrogens is 304 g/mol. The summed E-state index contributed by atoms with van der Waals surface area (Å²) in [6, 6.07) is 9.06. The van der Waals surface area contributed by atoms with E-state index in [9.17, 15) is 8.42 Å². The highest BCUT2D eigenvalue weighted by Crippen LogP contribution is 2.20. The van der Waals surface area contributed by atoms with Crippen molar-refractivity contribution in [2.75, 3.05) is 17.1 Å². The van der Waals surface area contributed by atoms with E-state index in [0.29, 0.717) is 17.1 Å². The van der Waals surface area contributed by atoms with Gasteiger partial charge in [-0.25, -0.2) is 8.42 Å². The molecular formula is C14H16N4O3S. The predicted molar refractivity (Wildman–Crippen MR) is 83.1 cm³/mol. The molecule has 8 heteroatoms. The third kappa shape index (κ3) is 2.69. The number of fused-ring (bicyclic) bond motifs is 1. The van der Waals surface area contributed by atoms with Crippen molar-refractivity contribution in [1.29, 1.82) is 0 Å². The van der Waals surface area contributed by atoms with Gasteiger partial charge in [0.05, 0.1) is 11.4 Å². The van der Waals surface area contributed by atoms with Crippen LogP contribution in [0.5, 0.6) is 0 Å². The molecule has 3 rings (SSSR count). The number of hydrogen-bond acceptors (Lipinski definition) is 5. The van der Waals surface area contributed by atoms with Crippen molar-refractivity contribution in [2.24, 2.45) is 7.05 Å². The van der Waals surface area contributed by atoms with Crippen molar-refractivity contribution in [3.63, 3.8) is 0 Å². The molecule has 22 heavy (non-hydrogen) atoms. The SMILES string of the molecule is CN(c1ccn(C)n1)S(=O)(=O)CCc1noc2ccccc12.